The lowest BCUT2D eigenvalue weighted by Gasteiger charge is -2.20. The summed E-state index contributed by atoms with van der Waals surface area (Å²) in [6.45, 7) is 11.8. The molecule has 4 aromatic heterocycles. The van der Waals surface area contributed by atoms with Gasteiger partial charge in [0.25, 0.3) is 5.56 Å². The van der Waals surface area contributed by atoms with Crippen molar-refractivity contribution in [2.75, 3.05) is 19.0 Å². The fourth-order valence-electron chi connectivity index (χ4n) is 5.54. The van der Waals surface area contributed by atoms with Gasteiger partial charge in [-0.15, -0.1) is 0 Å². The molecule has 238 valence electrons. The highest BCUT2D eigenvalue weighted by atomic mass is 28.3. The lowest BCUT2D eigenvalue weighted by atomic mass is 10.1. The summed E-state index contributed by atoms with van der Waals surface area (Å²) >= 11 is 0. The minimum Gasteiger partial charge on any atom is -0.504 e. The van der Waals surface area contributed by atoms with Gasteiger partial charge in [-0.2, -0.15) is 5.10 Å². The number of aromatic nitrogens is 6. The zero-order valence-electron chi connectivity index (χ0n) is 27.0. The molecule has 0 aliphatic carbocycles. The first-order chi connectivity index (χ1) is 22.1. The second-order valence-electron chi connectivity index (χ2n) is 12.7. The van der Waals surface area contributed by atoms with Gasteiger partial charge in [-0.25, -0.2) is 14.5 Å². The van der Waals surface area contributed by atoms with Crippen molar-refractivity contribution in [1.82, 2.24) is 28.7 Å². The van der Waals surface area contributed by atoms with E-state index in [9.17, 15) is 9.90 Å². The van der Waals surface area contributed by atoms with Crippen molar-refractivity contribution >= 4 is 30.4 Å². The number of fused-ring (bicyclic) bond motifs is 2. The van der Waals surface area contributed by atoms with Crippen molar-refractivity contribution in [2.45, 2.75) is 52.3 Å². The smallest absolute Gasteiger partial charge is 0.282 e. The van der Waals surface area contributed by atoms with Crippen LogP contribution in [0.1, 0.15) is 24.4 Å². The van der Waals surface area contributed by atoms with E-state index < -0.39 is 14.1 Å². The molecule has 4 heterocycles. The predicted molar refractivity (Wildman–Crippen MR) is 183 cm³/mol. The van der Waals surface area contributed by atoms with Crippen LogP contribution in [0, 0.1) is 6.92 Å². The molecule has 1 unspecified atom stereocenters. The Bertz CT molecular complexity index is 2080. The second kappa shape index (κ2) is 12.5. The number of phenols is 1. The number of ether oxygens (including phenoxy) is 2. The van der Waals surface area contributed by atoms with Crippen molar-refractivity contribution in [3.05, 3.63) is 95.1 Å². The van der Waals surface area contributed by atoms with Gasteiger partial charge in [0.05, 0.1) is 24.2 Å². The van der Waals surface area contributed by atoms with Gasteiger partial charge in [0, 0.05) is 32.6 Å². The fourth-order valence-corrected chi connectivity index (χ4v) is 6.30. The third-order valence-corrected chi connectivity index (χ3v) is 9.74. The number of aryl methyl sites for hydroxylation is 1. The Morgan fingerprint density at radius 2 is 1.85 bits per heavy atom. The number of phenolic OH excluding ortho intramolecular Hbond substituents is 1. The van der Waals surface area contributed by atoms with Crippen molar-refractivity contribution in [3.63, 3.8) is 0 Å². The van der Waals surface area contributed by atoms with Gasteiger partial charge in [-0.05, 0) is 61.4 Å². The van der Waals surface area contributed by atoms with E-state index in [1.54, 1.807) is 27.4 Å². The number of rotatable bonds is 11. The van der Waals surface area contributed by atoms with Crippen molar-refractivity contribution < 1.29 is 14.6 Å². The highest BCUT2D eigenvalue weighted by Crippen LogP contribution is 2.38. The summed E-state index contributed by atoms with van der Waals surface area (Å²) in [7, 11) is 0.262. The van der Waals surface area contributed by atoms with Crippen LogP contribution in [0.2, 0.25) is 25.7 Å². The average Bonchev–Trinajstić information content (AvgIpc) is 3.60. The van der Waals surface area contributed by atoms with Gasteiger partial charge in [0.2, 0.25) is 0 Å². The largest absolute Gasteiger partial charge is 0.504 e. The minimum absolute atomic E-state index is 0.0495. The van der Waals surface area contributed by atoms with Gasteiger partial charge in [0.1, 0.15) is 30.0 Å². The van der Waals surface area contributed by atoms with Gasteiger partial charge >= 0.3 is 0 Å². The number of nitrogens with one attached hydrogen (secondary N) is 1. The molecule has 6 aromatic rings. The molecule has 2 N–H and O–H groups in total. The Kier molecular flexibility index (Phi) is 8.41. The van der Waals surface area contributed by atoms with Crippen LogP contribution in [0.15, 0.2) is 78.1 Å². The Morgan fingerprint density at radius 3 is 2.59 bits per heavy atom. The van der Waals surface area contributed by atoms with E-state index in [4.69, 9.17) is 14.6 Å². The van der Waals surface area contributed by atoms with Crippen molar-refractivity contribution in [1.29, 1.82) is 0 Å². The molecule has 0 radical (unpaired) electrons. The number of hydrogen-bond acceptors (Lipinski definition) is 8. The Labute approximate surface area is 268 Å². The molecule has 2 aromatic carbocycles. The third-order valence-electron chi connectivity index (χ3n) is 8.04. The van der Waals surface area contributed by atoms with Gasteiger partial charge in [0.15, 0.2) is 17.3 Å². The first-order valence-electron chi connectivity index (χ1n) is 15.3. The SMILES string of the molecule is COc1cc(-c2cn(COCC[Si](C)(C)C)c3ncnc(NC(C)c4nn5ccc(C)c5c(=O)n4-c4ccccc4)c23)ccc1O. The highest BCUT2D eigenvalue weighted by Gasteiger charge is 2.23. The van der Waals surface area contributed by atoms with Crippen LogP contribution in [0.3, 0.4) is 0 Å². The monoisotopic (exact) mass is 637 g/mol. The molecule has 12 heteroatoms. The molecule has 1 atom stereocenters. The van der Waals surface area contributed by atoms with Crippen LogP contribution in [0.5, 0.6) is 11.5 Å². The van der Waals surface area contributed by atoms with Gasteiger partial charge < -0.3 is 24.5 Å². The summed E-state index contributed by atoms with van der Waals surface area (Å²) < 4.78 is 16.8. The van der Waals surface area contributed by atoms with E-state index in [0.29, 0.717) is 41.9 Å². The number of aromatic hydroxyl groups is 1. The summed E-state index contributed by atoms with van der Waals surface area (Å²) in [6, 6.07) is 17.2. The Balaban J connectivity index is 1.46. The second-order valence-corrected chi connectivity index (χ2v) is 18.3. The van der Waals surface area contributed by atoms with Gasteiger partial charge in [-0.3, -0.25) is 9.36 Å². The van der Waals surface area contributed by atoms with Gasteiger partial charge in [-0.1, -0.05) is 43.9 Å². The molecule has 0 fully saturated rings. The standard InChI is InChI=1S/C34H39N7O4Si/c1-22-14-15-40-30(22)34(43)41(25-10-8-7-9-11-25)32(38-40)23(2)37-31-29-26(24-12-13-27(42)28(18-24)44-3)19-39(33(29)36-20-35-31)21-45-16-17-46(4,5)6/h7-15,18-20,23,42H,16-17,21H2,1-6H3,(H,35,36,37). The molecule has 0 spiro atoms. The summed E-state index contributed by atoms with van der Waals surface area (Å²) in [5.74, 6) is 1.50. The molecule has 0 saturated carbocycles. The maximum absolute atomic E-state index is 13.9. The van der Waals surface area contributed by atoms with E-state index in [2.05, 4.69) is 34.9 Å². The molecular formula is C34H39N7O4Si. The number of methoxy groups -OCH3 is 1. The lowest BCUT2D eigenvalue weighted by Crippen LogP contribution is -2.29. The quantitative estimate of drug-likeness (QED) is 0.124. The molecule has 0 saturated heterocycles. The van der Waals surface area contributed by atoms with E-state index in [0.717, 1.165) is 33.8 Å². The number of benzene rings is 2. The molecule has 0 aliphatic rings. The van der Waals surface area contributed by atoms with Crippen LogP contribution < -0.4 is 15.6 Å². The Hall–Kier alpha value is -4.94. The van der Waals surface area contributed by atoms with Crippen molar-refractivity contribution in [2.24, 2.45) is 0 Å². The van der Waals surface area contributed by atoms with Crippen LogP contribution in [-0.4, -0.2) is 55.6 Å². The number of anilines is 1. The molecule has 11 nitrogen and oxygen atoms in total. The highest BCUT2D eigenvalue weighted by molar-refractivity contribution is 6.76. The van der Waals surface area contributed by atoms with Crippen LogP contribution in [-0.2, 0) is 11.5 Å². The van der Waals surface area contributed by atoms with E-state index in [-0.39, 0.29) is 11.3 Å². The van der Waals surface area contributed by atoms with E-state index in [1.807, 2.05) is 67.1 Å². The van der Waals surface area contributed by atoms with E-state index in [1.165, 1.54) is 13.4 Å². The van der Waals surface area contributed by atoms with Crippen LogP contribution in [0.25, 0.3) is 33.4 Å². The van der Waals surface area contributed by atoms with Crippen molar-refractivity contribution in [3.8, 4) is 28.3 Å². The van der Waals surface area contributed by atoms with Crippen LogP contribution in [0.4, 0.5) is 5.82 Å². The molecule has 0 aliphatic heterocycles. The maximum atomic E-state index is 13.9. The molecule has 0 amide bonds. The van der Waals surface area contributed by atoms with Crippen LogP contribution >= 0.6 is 0 Å². The predicted octanol–water partition coefficient (Wildman–Crippen LogP) is 6.40. The third kappa shape index (κ3) is 6.00. The zero-order valence-corrected chi connectivity index (χ0v) is 28.0. The molecule has 46 heavy (non-hydrogen) atoms. The normalized spacial score (nSPS) is 12.6. The first kappa shape index (κ1) is 31.1. The summed E-state index contributed by atoms with van der Waals surface area (Å²) in [6.07, 6.45) is 5.31. The molecular weight excluding hydrogens is 599 g/mol. The topological polar surface area (TPSA) is 121 Å². The number of nitrogens with zero attached hydrogens (tertiary/aromatic N) is 6. The fraction of sp³-hybridized carbons (Fsp3) is 0.294. The minimum atomic E-state index is -1.26. The average molecular weight is 638 g/mol. The number of hydrogen-bond donors (Lipinski definition) is 2. The number of para-hydroxylation sites is 1. The lowest BCUT2D eigenvalue weighted by molar-refractivity contribution is 0.0899. The molecule has 0 bridgehead atoms. The first-order valence-corrected chi connectivity index (χ1v) is 19.0. The van der Waals surface area contributed by atoms with E-state index >= 15 is 0 Å². The maximum Gasteiger partial charge on any atom is 0.282 e. The Morgan fingerprint density at radius 1 is 1.07 bits per heavy atom. The molecule has 6 rings (SSSR count). The summed E-state index contributed by atoms with van der Waals surface area (Å²) in [5, 5.41) is 19.5. The zero-order chi connectivity index (χ0) is 32.6. The summed E-state index contributed by atoms with van der Waals surface area (Å²) in [5.41, 5.74) is 4.28. The summed E-state index contributed by atoms with van der Waals surface area (Å²) in [4.78, 5) is 23.3.